The second-order valence-electron chi connectivity index (χ2n) is 9.11. The van der Waals surface area contributed by atoms with Crippen molar-refractivity contribution < 1.29 is 4.74 Å². The molecule has 1 aliphatic rings. The smallest absolute Gasteiger partial charge is 0.227 e. The average Bonchev–Trinajstić information content (AvgIpc) is 3.43. The van der Waals surface area contributed by atoms with Crippen molar-refractivity contribution in [1.82, 2.24) is 30.0 Å². The number of aromatic nitrogens is 4. The predicted octanol–water partition coefficient (Wildman–Crippen LogP) is 5.72. The summed E-state index contributed by atoms with van der Waals surface area (Å²) in [5.41, 5.74) is 5.86. The van der Waals surface area contributed by atoms with Gasteiger partial charge in [-0.25, -0.2) is 9.97 Å². The molecule has 38 heavy (non-hydrogen) atoms. The third kappa shape index (κ3) is 7.85. The second kappa shape index (κ2) is 14.0. The molecule has 2 N–H and O–H groups in total. The van der Waals surface area contributed by atoms with Crippen LogP contribution in [0.15, 0.2) is 67.0 Å². The Kier molecular flexibility index (Phi) is 10.2. The molecule has 0 spiro atoms. The van der Waals surface area contributed by atoms with Crippen molar-refractivity contribution in [1.29, 1.82) is 0 Å². The number of hydrogen-bond donors (Lipinski definition) is 2. The molecule has 0 amide bonds. The SMILES string of the molecule is CCOCC.CN1CCN(Cc2ccc(Nc3nccc(-c4cn[nH]c4-c4ccc(Cl)cc4)n3)cc2)CC1. The zero-order valence-corrected chi connectivity index (χ0v) is 23.1. The van der Waals surface area contributed by atoms with Crippen molar-refractivity contribution in [2.24, 2.45) is 0 Å². The van der Waals surface area contributed by atoms with Gasteiger partial charge < -0.3 is 15.0 Å². The predicted molar refractivity (Wildman–Crippen MR) is 155 cm³/mol. The highest BCUT2D eigenvalue weighted by molar-refractivity contribution is 6.30. The number of H-pyrrole nitrogens is 1. The van der Waals surface area contributed by atoms with Crippen LogP contribution in [0.5, 0.6) is 0 Å². The molecule has 1 fully saturated rings. The minimum Gasteiger partial charge on any atom is -0.382 e. The minimum atomic E-state index is 0.544. The first-order valence-corrected chi connectivity index (χ1v) is 13.4. The van der Waals surface area contributed by atoms with Crippen molar-refractivity contribution in [2.45, 2.75) is 20.4 Å². The third-order valence-electron chi connectivity index (χ3n) is 6.32. The number of nitrogens with zero attached hydrogens (tertiary/aromatic N) is 5. The number of aromatic amines is 1. The van der Waals surface area contributed by atoms with E-state index in [1.54, 1.807) is 12.4 Å². The number of piperazine rings is 1. The van der Waals surface area contributed by atoms with Crippen LogP contribution in [0.3, 0.4) is 0 Å². The summed E-state index contributed by atoms with van der Waals surface area (Å²) in [5, 5.41) is 11.3. The highest BCUT2D eigenvalue weighted by atomic mass is 35.5. The van der Waals surface area contributed by atoms with Gasteiger partial charge in [0.15, 0.2) is 0 Å². The fourth-order valence-corrected chi connectivity index (χ4v) is 4.30. The second-order valence-corrected chi connectivity index (χ2v) is 9.55. The maximum Gasteiger partial charge on any atom is 0.227 e. The molecule has 5 rings (SSSR count). The van der Waals surface area contributed by atoms with Crippen molar-refractivity contribution in [3.63, 3.8) is 0 Å². The number of likely N-dealkylation sites (N-methyl/N-ethyl adjacent to an activating group) is 1. The summed E-state index contributed by atoms with van der Waals surface area (Å²) in [6.45, 7) is 11.1. The summed E-state index contributed by atoms with van der Waals surface area (Å²) in [4.78, 5) is 14.0. The highest BCUT2D eigenvalue weighted by Gasteiger charge is 2.14. The molecule has 0 aliphatic carbocycles. The van der Waals surface area contributed by atoms with Crippen LogP contribution in [-0.4, -0.2) is 76.4 Å². The Balaban J connectivity index is 0.000000617. The Bertz CT molecular complexity index is 1250. The topological polar surface area (TPSA) is 82.2 Å². The van der Waals surface area contributed by atoms with Crippen LogP contribution in [0.4, 0.5) is 11.6 Å². The molecular weight excluding hydrogens is 498 g/mol. The van der Waals surface area contributed by atoms with Gasteiger partial charge >= 0.3 is 0 Å². The summed E-state index contributed by atoms with van der Waals surface area (Å²) >= 11 is 6.03. The average molecular weight is 534 g/mol. The molecule has 8 nitrogen and oxygen atoms in total. The lowest BCUT2D eigenvalue weighted by Crippen LogP contribution is -2.43. The van der Waals surface area contributed by atoms with Gasteiger partial charge in [-0.3, -0.25) is 10.00 Å². The first-order valence-electron chi connectivity index (χ1n) is 13.0. The van der Waals surface area contributed by atoms with E-state index in [9.17, 15) is 0 Å². The lowest BCUT2D eigenvalue weighted by molar-refractivity contribution is 0.148. The molecule has 2 aromatic heterocycles. The molecule has 2 aromatic carbocycles. The van der Waals surface area contributed by atoms with Gasteiger partial charge in [-0.2, -0.15) is 5.10 Å². The van der Waals surface area contributed by atoms with Gasteiger partial charge in [-0.05, 0) is 56.8 Å². The fraction of sp³-hybridized carbons (Fsp3) is 0.345. The molecule has 1 saturated heterocycles. The van der Waals surface area contributed by atoms with E-state index in [1.807, 2.05) is 44.2 Å². The molecule has 0 saturated carbocycles. The van der Waals surface area contributed by atoms with Gasteiger partial charge in [0, 0.05) is 74.0 Å². The first kappa shape index (κ1) is 27.7. The van der Waals surface area contributed by atoms with Gasteiger partial charge in [0.2, 0.25) is 5.95 Å². The molecule has 1 aliphatic heterocycles. The number of benzene rings is 2. The molecule has 200 valence electrons. The van der Waals surface area contributed by atoms with Gasteiger partial charge in [0.25, 0.3) is 0 Å². The summed E-state index contributed by atoms with van der Waals surface area (Å²) < 4.78 is 4.83. The molecule has 0 atom stereocenters. The van der Waals surface area contributed by atoms with E-state index in [0.717, 1.165) is 74.1 Å². The maximum atomic E-state index is 6.03. The van der Waals surface area contributed by atoms with Gasteiger partial charge in [0.05, 0.1) is 17.6 Å². The van der Waals surface area contributed by atoms with Crippen LogP contribution in [0.2, 0.25) is 5.02 Å². The van der Waals surface area contributed by atoms with E-state index in [-0.39, 0.29) is 0 Å². The van der Waals surface area contributed by atoms with Crippen LogP contribution in [0, 0.1) is 0 Å². The molecule has 0 bridgehead atoms. The van der Waals surface area contributed by atoms with E-state index >= 15 is 0 Å². The van der Waals surface area contributed by atoms with Crippen molar-refractivity contribution in [3.05, 3.63) is 77.6 Å². The molecule has 4 aromatic rings. The van der Waals surface area contributed by atoms with Crippen LogP contribution in [0.25, 0.3) is 22.5 Å². The van der Waals surface area contributed by atoms with Gasteiger partial charge in [0.1, 0.15) is 0 Å². The maximum absolute atomic E-state index is 6.03. The number of hydrogen-bond acceptors (Lipinski definition) is 7. The Morgan fingerprint density at radius 1 is 0.947 bits per heavy atom. The molecule has 9 heteroatoms. The summed E-state index contributed by atoms with van der Waals surface area (Å²) in [6.07, 6.45) is 3.54. The van der Waals surface area contributed by atoms with Crippen molar-refractivity contribution in [3.8, 4) is 22.5 Å². The number of nitrogens with one attached hydrogen (secondary N) is 2. The molecule has 0 radical (unpaired) electrons. The lowest BCUT2D eigenvalue weighted by atomic mass is 10.1. The standard InChI is InChI=1S/C25H26ClN7.C4H10O/c1-32-12-14-33(15-13-32)17-18-2-8-21(9-3-18)29-25-27-11-10-23(30-25)22-16-28-31-24(22)19-4-6-20(26)7-5-19;1-3-5-4-2/h2-11,16H,12-15,17H2,1H3,(H,28,31)(H,27,29,30);3-4H2,1-2H3. The minimum absolute atomic E-state index is 0.544. The van der Waals surface area contributed by atoms with E-state index in [0.29, 0.717) is 11.0 Å². The van der Waals surface area contributed by atoms with Crippen molar-refractivity contribution >= 4 is 23.2 Å². The quantitative estimate of drug-likeness (QED) is 0.299. The first-order chi connectivity index (χ1) is 18.6. The molecular formula is C29H36ClN7O. The number of halogens is 1. The zero-order valence-electron chi connectivity index (χ0n) is 22.3. The summed E-state index contributed by atoms with van der Waals surface area (Å²) in [7, 11) is 2.18. The van der Waals surface area contributed by atoms with Crippen LogP contribution < -0.4 is 5.32 Å². The number of rotatable bonds is 8. The molecule has 0 unspecified atom stereocenters. The Labute approximate surface area is 230 Å². The summed E-state index contributed by atoms with van der Waals surface area (Å²) in [5.74, 6) is 0.544. The van der Waals surface area contributed by atoms with Crippen LogP contribution in [0.1, 0.15) is 19.4 Å². The lowest BCUT2D eigenvalue weighted by Gasteiger charge is -2.32. The largest absolute Gasteiger partial charge is 0.382 e. The van der Waals surface area contributed by atoms with Crippen LogP contribution in [-0.2, 0) is 11.3 Å². The van der Waals surface area contributed by atoms with E-state index in [2.05, 4.69) is 61.6 Å². The van der Waals surface area contributed by atoms with Gasteiger partial charge in [-0.1, -0.05) is 35.9 Å². The Morgan fingerprint density at radius 3 is 2.32 bits per heavy atom. The Morgan fingerprint density at radius 2 is 1.66 bits per heavy atom. The number of ether oxygens (including phenoxy) is 1. The van der Waals surface area contributed by atoms with Crippen LogP contribution >= 0.6 is 11.6 Å². The normalized spacial score (nSPS) is 14.1. The monoisotopic (exact) mass is 533 g/mol. The van der Waals surface area contributed by atoms with Crippen molar-refractivity contribution in [2.75, 3.05) is 51.8 Å². The summed E-state index contributed by atoms with van der Waals surface area (Å²) in [6, 6.07) is 18.0. The number of anilines is 2. The van der Waals surface area contributed by atoms with E-state index in [1.165, 1.54) is 5.56 Å². The zero-order chi connectivity index (χ0) is 26.7. The van der Waals surface area contributed by atoms with Gasteiger partial charge in [-0.15, -0.1) is 0 Å². The third-order valence-corrected chi connectivity index (χ3v) is 6.58. The highest BCUT2D eigenvalue weighted by Crippen LogP contribution is 2.30. The van der Waals surface area contributed by atoms with E-state index in [4.69, 9.17) is 21.3 Å². The molecule has 3 heterocycles. The fourth-order valence-electron chi connectivity index (χ4n) is 4.18. The Hall–Kier alpha value is -3.30. The van der Waals surface area contributed by atoms with E-state index < -0.39 is 0 Å².